The molecule has 0 aliphatic heterocycles. The first-order valence-electron chi connectivity index (χ1n) is 6.46. The van der Waals surface area contributed by atoms with E-state index in [0.29, 0.717) is 11.3 Å². The van der Waals surface area contributed by atoms with Crippen LogP contribution in [0.4, 0.5) is 4.39 Å². The topological polar surface area (TPSA) is 51.0 Å². The Labute approximate surface area is 115 Å². The Bertz CT molecular complexity index is 711. The van der Waals surface area contributed by atoms with Crippen LogP contribution in [0.25, 0.3) is 11.0 Å². The van der Waals surface area contributed by atoms with Crippen LogP contribution in [0.15, 0.2) is 47.3 Å². The van der Waals surface area contributed by atoms with Gasteiger partial charge in [-0.05, 0) is 30.8 Å². The van der Waals surface area contributed by atoms with E-state index in [4.69, 9.17) is 4.42 Å². The van der Waals surface area contributed by atoms with Gasteiger partial charge in [-0.3, -0.25) is 9.97 Å². The summed E-state index contributed by atoms with van der Waals surface area (Å²) in [5.74, 6) is 0.428. The van der Waals surface area contributed by atoms with Crippen molar-refractivity contribution in [2.24, 2.45) is 0 Å². The van der Waals surface area contributed by atoms with Crippen molar-refractivity contribution in [3.05, 3.63) is 60.1 Å². The maximum Gasteiger partial charge on any atom is 0.134 e. The van der Waals surface area contributed by atoms with Gasteiger partial charge in [-0.15, -0.1) is 0 Å². The van der Waals surface area contributed by atoms with Crippen LogP contribution in [0.5, 0.6) is 0 Å². The monoisotopic (exact) mass is 271 g/mol. The number of rotatable bonds is 4. The first-order valence-corrected chi connectivity index (χ1v) is 6.46. The van der Waals surface area contributed by atoms with E-state index in [1.165, 1.54) is 12.1 Å². The fourth-order valence-corrected chi connectivity index (χ4v) is 2.19. The largest absolute Gasteiger partial charge is 0.459 e. The molecule has 5 heteroatoms. The lowest BCUT2D eigenvalue weighted by molar-refractivity contribution is 0.470. The summed E-state index contributed by atoms with van der Waals surface area (Å²) in [5.41, 5.74) is 1.43. The zero-order valence-electron chi connectivity index (χ0n) is 11.0. The number of halogens is 1. The Morgan fingerprint density at radius 2 is 2.20 bits per heavy atom. The zero-order chi connectivity index (χ0) is 13.9. The van der Waals surface area contributed by atoms with Gasteiger partial charge in [0.2, 0.25) is 0 Å². The van der Waals surface area contributed by atoms with Crippen molar-refractivity contribution in [2.45, 2.75) is 13.0 Å². The number of furan rings is 1. The number of benzene rings is 1. The highest BCUT2D eigenvalue weighted by atomic mass is 19.1. The van der Waals surface area contributed by atoms with Crippen molar-refractivity contribution in [3.8, 4) is 0 Å². The van der Waals surface area contributed by atoms with Gasteiger partial charge in [0.25, 0.3) is 0 Å². The molecule has 0 amide bonds. The second-order valence-corrected chi connectivity index (χ2v) is 4.45. The molecular formula is C15H14FN3O. The predicted molar refractivity (Wildman–Crippen MR) is 73.7 cm³/mol. The highest BCUT2D eigenvalue weighted by Crippen LogP contribution is 2.27. The molecular weight excluding hydrogens is 257 g/mol. The van der Waals surface area contributed by atoms with Gasteiger partial charge in [0, 0.05) is 17.8 Å². The summed E-state index contributed by atoms with van der Waals surface area (Å²) in [6.45, 7) is 2.76. The van der Waals surface area contributed by atoms with Gasteiger partial charge in [-0.2, -0.15) is 0 Å². The number of hydrogen-bond acceptors (Lipinski definition) is 4. The van der Waals surface area contributed by atoms with Crippen molar-refractivity contribution >= 4 is 11.0 Å². The summed E-state index contributed by atoms with van der Waals surface area (Å²) in [7, 11) is 0. The molecule has 0 radical (unpaired) electrons. The summed E-state index contributed by atoms with van der Waals surface area (Å²) in [5, 5.41) is 4.04. The SMILES string of the molecule is CCNC(c1cnccn1)c1cc2cc(F)ccc2o1. The third kappa shape index (κ3) is 2.40. The highest BCUT2D eigenvalue weighted by Gasteiger charge is 2.19. The number of aromatic nitrogens is 2. The van der Waals surface area contributed by atoms with Crippen LogP contribution in [0.2, 0.25) is 0 Å². The summed E-state index contributed by atoms with van der Waals surface area (Å²) in [4.78, 5) is 8.38. The molecule has 2 aromatic heterocycles. The van der Waals surface area contributed by atoms with Crippen LogP contribution in [-0.4, -0.2) is 16.5 Å². The molecule has 0 fully saturated rings. The molecule has 1 unspecified atom stereocenters. The second-order valence-electron chi connectivity index (χ2n) is 4.45. The van der Waals surface area contributed by atoms with Crippen molar-refractivity contribution < 1.29 is 8.81 Å². The molecule has 1 aromatic carbocycles. The minimum absolute atomic E-state index is 0.191. The molecule has 0 aliphatic carbocycles. The van der Waals surface area contributed by atoms with Crippen LogP contribution < -0.4 is 5.32 Å². The van der Waals surface area contributed by atoms with Crippen LogP contribution in [0.3, 0.4) is 0 Å². The maximum absolute atomic E-state index is 13.2. The fraction of sp³-hybridized carbons (Fsp3) is 0.200. The molecule has 0 saturated carbocycles. The number of fused-ring (bicyclic) bond motifs is 1. The molecule has 0 spiro atoms. The molecule has 0 saturated heterocycles. The van der Waals surface area contributed by atoms with Crippen molar-refractivity contribution in [3.63, 3.8) is 0 Å². The molecule has 0 bridgehead atoms. The normalized spacial score (nSPS) is 12.7. The molecule has 102 valence electrons. The van der Waals surface area contributed by atoms with Gasteiger partial charge < -0.3 is 9.73 Å². The zero-order valence-corrected chi connectivity index (χ0v) is 11.0. The van der Waals surface area contributed by atoms with Gasteiger partial charge in [0.05, 0.1) is 11.9 Å². The Morgan fingerprint density at radius 1 is 1.30 bits per heavy atom. The van der Waals surface area contributed by atoms with Crippen molar-refractivity contribution in [1.82, 2.24) is 15.3 Å². The molecule has 20 heavy (non-hydrogen) atoms. The van der Waals surface area contributed by atoms with Crippen LogP contribution in [0.1, 0.15) is 24.4 Å². The first-order chi connectivity index (χ1) is 9.78. The minimum Gasteiger partial charge on any atom is -0.459 e. The van der Waals surface area contributed by atoms with Gasteiger partial charge >= 0.3 is 0 Å². The Hall–Kier alpha value is -2.27. The third-order valence-electron chi connectivity index (χ3n) is 3.07. The molecule has 1 N–H and O–H groups in total. The average Bonchev–Trinajstić information content (AvgIpc) is 2.88. The summed E-state index contributed by atoms with van der Waals surface area (Å²) >= 11 is 0. The van der Waals surface area contributed by atoms with Crippen molar-refractivity contribution in [1.29, 1.82) is 0 Å². The smallest absolute Gasteiger partial charge is 0.134 e. The third-order valence-corrected chi connectivity index (χ3v) is 3.07. The van der Waals surface area contributed by atoms with Crippen LogP contribution in [0, 0.1) is 5.82 Å². The number of nitrogens with one attached hydrogen (secondary N) is 1. The average molecular weight is 271 g/mol. The predicted octanol–water partition coefficient (Wildman–Crippen LogP) is 3.06. The molecule has 4 nitrogen and oxygen atoms in total. The first kappa shape index (κ1) is 12.7. The molecule has 2 heterocycles. The lowest BCUT2D eigenvalue weighted by Gasteiger charge is -2.13. The van der Waals surface area contributed by atoms with Gasteiger partial charge in [-0.1, -0.05) is 6.92 Å². The van der Waals surface area contributed by atoms with E-state index in [1.807, 2.05) is 13.0 Å². The van der Waals surface area contributed by atoms with E-state index in [-0.39, 0.29) is 11.9 Å². The number of hydrogen-bond donors (Lipinski definition) is 1. The van der Waals surface area contributed by atoms with Gasteiger partial charge in [0.15, 0.2) is 0 Å². The molecule has 3 aromatic rings. The number of nitrogens with zero attached hydrogens (tertiary/aromatic N) is 2. The Balaban J connectivity index is 2.05. The standard InChI is InChI=1S/C15H14FN3O/c1-2-18-15(12-9-17-5-6-19-12)14-8-10-7-11(16)3-4-13(10)20-14/h3-9,15,18H,2H2,1H3. The van der Waals surface area contributed by atoms with E-state index >= 15 is 0 Å². The van der Waals surface area contributed by atoms with E-state index in [1.54, 1.807) is 24.7 Å². The quantitative estimate of drug-likeness (QED) is 0.792. The highest BCUT2D eigenvalue weighted by molar-refractivity contribution is 5.78. The van der Waals surface area contributed by atoms with Crippen LogP contribution >= 0.6 is 0 Å². The fourth-order valence-electron chi connectivity index (χ4n) is 2.19. The van der Waals surface area contributed by atoms with Crippen LogP contribution in [-0.2, 0) is 0 Å². The van der Waals surface area contributed by atoms with Gasteiger partial charge in [-0.25, -0.2) is 4.39 Å². The lowest BCUT2D eigenvalue weighted by atomic mass is 10.1. The van der Waals surface area contributed by atoms with E-state index < -0.39 is 0 Å². The summed E-state index contributed by atoms with van der Waals surface area (Å²) in [6, 6.07) is 6.13. The van der Waals surface area contributed by atoms with E-state index in [0.717, 1.165) is 17.6 Å². The maximum atomic E-state index is 13.2. The lowest BCUT2D eigenvalue weighted by Crippen LogP contribution is -2.22. The molecule has 0 aliphatic rings. The van der Waals surface area contributed by atoms with Gasteiger partial charge in [0.1, 0.15) is 23.2 Å². The Kier molecular flexibility index (Phi) is 3.43. The minimum atomic E-state index is -0.274. The Morgan fingerprint density at radius 3 is 2.95 bits per heavy atom. The molecule has 1 atom stereocenters. The van der Waals surface area contributed by atoms with E-state index in [2.05, 4.69) is 15.3 Å². The molecule has 3 rings (SSSR count). The van der Waals surface area contributed by atoms with E-state index in [9.17, 15) is 4.39 Å². The summed E-state index contributed by atoms with van der Waals surface area (Å²) < 4.78 is 19.0. The van der Waals surface area contributed by atoms with Crippen molar-refractivity contribution in [2.75, 3.05) is 6.54 Å². The second kappa shape index (κ2) is 5.38. The summed E-state index contributed by atoms with van der Waals surface area (Å²) in [6.07, 6.45) is 4.96.